The molecule has 0 aliphatic heterocycles. The lowest BCUT2D eigenvalue weighted by Gasteiger charge is -2.09. The van der Waals surface area contributed by atoms with Crippen molar-refractivity contribution in [1.29, 1.82) is 0 Å². The highest BCUT2D eigenvalue weighted by atomic mass is 35.5. The first-order valence-electron chi connectivity index (χ1n) is 5.29. The fourth-order valence-electron chi connectivity index (χ4n) is 1.46. The second kappa shape index (κ2) is 5.56. The van der Waals surface area contributed by atoms with Crippen LogP contribution in [0.2, 0.25) is 5.02 Å². The zero-order chi connectivity index (χ0) is 13.0. The van der Waals surface area contributed by atoms with Gasteiger partial charge in [0.05, 0.1) is 12.1 Å². The molecule has 2 rings (SSSR count). The minimum Gasteiger partial charge on any atom is -0.497 e. The summed E-state index contributed by atoms with van der Waals surface area (Å²) in [6.07, 6.45) is 0.737. The third-order valence-corrected chi connectivity index (χ3v) is 2.66. The maximum Gasteiger partial charge on any atom is 0.150 e. The highest BCUT2D eigenvalue weighted by Crippen LogP contribution is 2.31. The molecule has 2 aromatic carbocycles. The number of halogens is 1. The van der Waals surface area contributed by atoms with Crippen LogP contribution in [0.15, 0.2) is 42.5 Å². The van der Waals surface area contributed by atoms with Gasteiger partial charge in [-0.25, -0.2) is 0 Å². The average Bonchev–Trinajstić information content (AvgIpc) is 2.41. The number of aldehydes is 1. The maximum atomic E-state index is 10.6. The Bertz CT molecular complexity index is 567. The van der Waals surface area contributed by atoms with E-state index in [1.165, 1.54) is 0 Å². The first-order chi connectivity index (χ1) is 8.72. The summed E-state index contributed by atoms with van der Waals surface area (Å²) in [5, 5.41) is 0.391. The summed E-state index contributed by atoms with van der Waals surface area (Å²) in [4.78, 5) is 10.6. The van der Waals surface area contributed by atoms with Gasteiger partial charge in [0.2, 0.25) is 0 Å². The molecule has 92 valence electrons. The predicted molar refractivity (Wildman–Crippen MR) is 69.9 cm³/mol. The van der Waals surface area contributed by atoms with E-state index in [0.717, 1.165) is 6.29 Å². The smallest absolute Gasteiger partial charge is 0.150 e. The minimum absolute atomic E-state index is 0.391. The highest BCUT2D eigenvalue weighted by molar-refractivity contribution is 6.32. The van der Waals surface area contributed by atoms with Gasteiger partial charge in [-0.3, -0.25) is 4.79 Å². The summed E-state index contributed by atoms with van der Waals surface area (Å²) in [5.74, 6) is 1.82. The van der Waals surface area contributed by atoms with E-state index < -0.39 is 0 Å². The van der Waals surface area contributed by atoms with Crippen LogP contribution in [0.1, 0.15) is 10.4 Å². The average molecular weight is 263 g/mol. The fraction of sp³-hybridized carbons (Fsp3) is 0.0714. The molecule has 3 nitrogen and oxygen atoms in total. The number of carbonyl (C=O) groups excluding carboxylic acids is 1. The Labute approximate surface area is 110 Å². The highest BCUT2D eigenvalue weighted by Gasteiger charge is 2.05. The molecule has 0 aromatic heterocycles. The molecule has 0 spiro atoms. The first-order valence-corrected chi connectivity index (χ1v) is 5.67. The van der Waals surface area contributed by atoms with E-state index in [0.29, 0.717) is 27.8 Å². The summed E-state index contributed by atoms with van der Waals surface area (Å²) in [7, 11) is 1.59. The van der Waals surface area contributed by atoms with E-state index in [9.17, 15) is 4.79 Å². The van der Waals surface area contributed by atoms with E-state index >= 15 is 0 Å². The largest absolute Gasteiger partial charge is 0.497 e. The molecule has 4 heteroatoms. The lowest BCUT2D eigenvalue weighted by molar-refractivity contribution is 0.112. The molecule has 0 atom stereocenters. The van der Waals surface area contributed by atoms with Gasteiger partial charge in [-0.15, -0.1) is 0 Å². The quantitative estimate of drug-likeness (QED) is 0.783. The molecule has 0 radical (unpaired) electrons. The van der Waals surface area contributed by atoms with E-state index in [1.807, 2.05) is 12.1 Å². The second-order valence-corrected chi connectivity index (χ2v) is 4.00. The number of hydrogen-bond donors (Lipinski definition) is 0. The molecule has 0 aliphatic carbocycles. The van der Waals surface area contributed by atoms with Gasteiger partial charge < -0.3 is 9.47 Å². The molecule has 0 saturated carbocycles. The van der Waals surface area contributed by atoms with Gasteiger partial charge >= 0.3 is 0 Å². The molecule has 18 heavy (non-hydrogen) atoms. The molecule has 0 aliphatic rings. The second-order valence-electron chi connectivity index (χ2n) is 3.59. The van der Waals surface area contributed by atoms with Crippen LogP contribution >= 0.6 is 11.6 Å². The Morgan fingerprint density at radius 1 is 1.11 bits per heavy atom. The Kier molecular flexibility index (Phi) is 3.85. The van der Waals surface area contributed by atoms with Crippen LogP contribution in [0.4, 0.5) is 0 Å². The summed E-state index contributed by atoms with van der Waals surface area (Å²) in [6, 6.07) is 12.1. The molecule has 0 unspecified atom stereocenters. The Balaban J connectivity index is 2.25. The van der Waals surface area contributed by atoms with Crippen LogP contribution in [-0.4, -0.2) is 13.4 Å². The van der Waals surface area contributed by atoms with Gasteiger partial charge in [0.15, 0.2) is 0 Å². The van der Waals surface area contributed by atoms with Crippen molar-refractivity contribution in [3.05, 3.63) is 53.1 Å². The SMILES string of the molecule is COc1cccc(Oc2ccc(C=O)cc2Cl)c1. The molecule has 0 saturated heterocycles. The number of hydrogen-bond acceptors (Lipinski definition) is 3. The van der Waals surface area contributed by atoms with E-state index in [2.05, 4.69) is 0 Å². The van der Waals surface area contributed by atoms with Crippen LogP contribution in [0, 0.1) is 0 Å². The van der Waals surface area contributed by atoms with Crippen molar-refractivity contribution >= 4 is 17.9 Å². The van der Waals surface area contributed by atoms with Crippen molar-refractivity contribution in [2.45, 2.75) is 0 Å². The van der Waals surface area contributed by atoms with Crippen molar-refractivity contribution in [1.82, 2.24) is 0 Å². The minimum atomic E-state index is 0.391. The van der Waals surface area contributed by atoms with Gasteiger partial charge in [-0.05, 0) is 30.3 Å². The van der Waals surface area contributed by atoms with Gasteiger partial charge in [0.1, 0.15) is 23.5 Å². The Morgan fingerprint density at radius 3 is 2.56 bits per heavy atom. The van der Waals surface area contributed by atoms with Crippen LogP contribution in [0.25, 0.3) is 0 Å². The van der Waals surface area contributed by atoms with E-state index in [1.54, 1.807) is 37.4 Å². The molecule has 2 aromatic rings. The van der Waals surface area contributed by atoms with E-state index in [4.69, 9.17) is 21.1 Å². The Hall–Kier alpha value is -2.00. The van der Waals surface area contributed by atoms with Crippen LogP contribution in [0.3, 0.4) is 0 Å². The van der Waals surface area contributed by atoms with Gasteiger partial charge in [-0.1, -0.05) is 17.7 Å². The fourth-order valence-corrected chi connectivity index (χ4v) is 1.69. The van der Waals surface area contributed by atoms with Crippen molar-refractivity contribution in [2.24, 2.45) is 0 Å². The zero-order valence-electron chi connectivity index (χ0n) is 9.72. The molecule has 0 N–H and O–H groups in total. The third kappa shape index (κ3) is 2.81. The van der Waals surface area contributed by atoms with Gasteiger partial charge in [0, 0.05) is 11.6 Å². The lowest BCUT2D eigenvalue weighted by atomic mass is 10.2. The number of methoxy groups -OCH3 is 1. The van der Waals surface area contributed by atoms with Crippen molar-refractivity contribution in [2.75, 3.05) is 7.11 Å². The van der Waals surface area contributed by atoms with Crippen molar-refractivity contribution in [3.8, 4) is 17.2 Å². The van der Waals surface area contributed by atoms with E-state index in [-0.39, 0.29) is 0 Å². The number of rotatable bonds is 4. The maximum absolute atomic E-state index is 10.6. The van der Waals surface area contributed by atoms with Crippen molar-refractivity contribution < 1.29 is 14.3 Å². The van der Waals surface area contributed by atoms with Crippen molar-refractivity contribution in [3.63, 3.8) is 0 Å². The predicted octanol–water partition coefficient (Wildman–Crippen LogP) is 3.95. The van der Waals surface area contributed by atoms with Gasteiger partial charge in [0.25, 0.3) is 0 Å². The van der Waals surface area contributed by atoms with Gasteiger partial charge in [-0.2, -0.15) is 0 Å². The summed E-state index contributed by atoms with van der Waals surface area (Å²) in [5.41, 5.74) is 0.512. The molecular formula is C14H11ClO3. The van der Waals surface area contributed by atoms with Crippen LogP contribution < -0.4 is 9.47 Å². The monoisotopic (exact) mass is 262 g/mol. The summed E-state index contributed by atoms with van der Waals surface area (Å²) >= 11 is 6.02. The number of ether oxygens (including phenoxy) is 2. The number of carbonyl (C=O) groups is 1. The topological polar surface area (TPSA) is 35.5 Å². The molecule has 0 bridgehead atoms. The third-order valence-electron chi connectivity index (χ3n) is 2.36. The van der Waals surface area contributed by atoms with Crippen LogP contribution in [0.5, 0.6) is 17.2 Å². The summed E-state index contributed by atoms with van der Waals surface area (Å²) < 4.78 is 10.7. The summed E-state index contributed by atoms with van der Waals surface area (Å²) in [6.45, 7) is 0. The normalized spacial score (nSPS) is 9.89. The Morgan fingerprint density at radius 2 is 1.89 bits per heavy atom. The molecule has 0 heterocycles. The standard InChI is InChI=1S/C14H11ClO3/c1-17-11-3-2-4-12(8-11)18-14-6-5-10(9-16)7-13(14)15/h2-9H,1H3. The number of benzene rings is 2. The molecule has 0 amide bonds. The zero-order valence-corrected chi connectivity index (χ0v) is 10.5. The first kappa shape index (κ1) is 12.5. The van der Waals surface area contributed by atoms with Crippen LogP contribution in [-0.2, 0) is 0 Å². The molecule has 0 fully saturated rings. The molecular weight excluding hydrogens is 252 g/mol. The lowest BCUT2D eigenvalue weighted by Crippen LogP contribution is -1.88.